The largest absolute Gasteiger partial charge is 0.325 e. The molecule has 1 heterocycles. The molecule has 0 aliphatic rings. The van der Waals surface area contributed by atoms with E-state index in [0.29, 0.717) is 16.6 Å². The van der Waals surface area contributed by atoms with Crippen LogP contribution in [0.15, 0.2) is 47.3 Å². The van der Waals surface area contributed by atoms with Crippen molar-refractivity contribution in [2.24, 2.45) is 7.05 Å². The van der Waals surface area contributed by atoms with Gasteiger partial charge in [-0.2, -0.15) is 0 Å². The van der Waals surface area contributed by atoms with Gasteiger partial charge in [0.2, 0.25) is 5.91 Å². The van der Waals surface area contributed by atoms with Gasteiger partial charge in [-0.25, -0.2) is 8.78 Å². The summed E-state index contributed by atoms with van der Waals surface area (Å²) in [5, 5.41) is 2.73. The van der Waals surface area contributed by atoms with E-state index in [-0.39, 0.29) is 17.5 Å². The topological polar surface area (TPSA) is 51.1 Å². The summed E-state index contributed by atoms with van der Waals surface area (Å²) in [6.07, 6.45) is -0.298. The number of rotatable bonds is 3. The first-order valence-corrected chi connectivity index (χ1v) is 7.77. The second kappa shape index (κ2) is 6.64. The fourth-order valence-corrected chi connectivity index (χ4v) is 2.77. The lowest BCUT2D eigenvalue weighted by molar-refractivity contribution is -0.115. The Labute approximate surface area is 146 Å². The van der Waals surface area contributed by atoms with Crippen LogP contribution in [0.4, 0.5) is 14.5 Å². The summed E-state index contributed by atoms with van der Waals surface area (Å²) in [6, 6.07) is 10.3. The average molecular weight is 363 g/mol. The highest BCUT2D eigenvalue weighted by atomic mass is 35.5. The Morgan fingerprint density at radius 1 is 1.16 bits per heavy atom. The van der Waals surface area contributed by atoms with Gasteiger partial charge in [-0.3, -0.25) is 9.59 Å². The number of hydrogen-bond donors (Lipinski definition) is 1. The van der Waals surface area contributed by atoms with Gasteiger partial charge in [-0.05, 0) is 29.8 Å². The second-order valence-electron chi connectivity index (χ2n) is 5.53. The van der Waals surface area contributed by atoms with Crippen molar-refractivity contribution in [1.29, 1.82) is 0 Å². The van der Waals surface area contributed by atoms with E-state index in [4.69, 9.17) is 11.6 Å². The van der Waals surface area contributed by atoms with Gasteiger partial charge in [0, 0.05) is 18.5 Å². The third-order valence-electron chi connectivity index (χ3n) is 3.91. The lowest BCUT2D eigenvalue weighted by Gasteiger charge is -2.11. The molecule has 0 fully saturated rings. The number of hydrogen-bond acceptors (Lipinski definition) is 2. The Bertz CT molecular complexity index is 1050. The molecule has 0 unspecified atom stereocenters. The fraction of sp³-hybridized carbons (Fsp3) is 0.111. The van der Waals surface area contributed by atoms with Crippen LogP contribution >= 0.6 is 11.6 Å². The minimum absolute atomic E-state index is 0.00321. The van der Waals surface area contributed by atoms with Crippen LogP contribution in [0.3, 0.4) is 0 Å². The first kappa shape index (κ1) is 17.1. The van der Waals surface area contributed by atoms with Crippen molar-refractivity contribution in [3.05, 3.63) is 75.0 Å². The molecular formula is C18H13ClF2N2O2. The molecule has 128 valence electrons. The van der Waals surface area contributed by atoms with E-state index in [1.807, 2.05) is 0 Å². The van der Waals surface area contributed by atoms with Crippen molar-refractivity contribution in [2.75, 3.05) is 5.32 Å². The van der Waals surface area contributed by atoms with Crippen molar-refractivity contribution in [3.8, 4) is 0 Å². The standard InChI is InChI=1S/C18H13ClF2N2O2/c1-23-14-4-2-3-13(11(14)6-8-16(23)25)22-15(24)9-10-5-7-12(20)17(19)18(10)21/h2-8H,9H2,1H3,(H,22,24). The summed E-state index contributed by atoms with van der Waals surface area (Å²) in [4.78, 5) is 23.9. The summed E-state index contributed by atoms with van der Waals surface area (Å²) >= 11 is 5.52. The predicted octanol–water partition coefficient (Wildman–Crippen LogP) is 3.65. The van der Waals surface area contributed by atoms with Gasteiger partial charge >= 0.3 is 0 Å². The molecular weight excluding hydrogens is 350 g/mol. The molecule has 25 heavy (non-hydrogen) atoms. The van der Waals surface area contributed by atoms with Crippen molar-refractivity contribution in [3.63, 3.8) is 0 Å². The van der Waals surface area contributed by atoms with Crippen molar-refractivity contribution in [1.82, 2.24) is 4.57 Å². The van der Waals surface area contributed by atoms with Gasteiger partial charge in [0.1, 0.15) is 16.7 Å². The van der Waals surface area contributed by atoms with Crippen LogP contribution in [0.1, 0.15) is 5.56 Å². The Morgan fingerprint density at radius 2 is 1.92 bits per heavy atom. The molecule has 0 aliphatic heterocycles. The van der Waals surface area contributed by atoms with E-state index in [2.05, 4.69) is 5.32 Å². The van der Waals surface area contributed by atoms with E-state index in [9.17, 15) is 18.4 Å². The molecule has 2 aromatic carbocycles. The first-order chi connectivity index (χ1) is 11.9. The van der Waals surface area contributed by atoms with Crippen LogP contribution in [-0.2, 0) is 18.3 Å². The third-order valence-corrected chi connectivity index (χ3v) is 4.25. The molecule has 0 spiro atoms. The maximum atomic E-state index is 13.9. The summed E-state index contributed by atoms with van der Waals surface area (Å²) < 4.78 is 28.6. The van der Waals surface area contributed by atoms with Gasteiger partial charge in [0.25, 0.3) is 5.56 Å². The number of nitrogens with one attached hydrogen (secondary N) is 1. The molecule has 0 bridgehead atoms. The smallest absolute Gasteiger partial charge is 0.250 e. The quantitative estimate of drug-likeness (QED) is 0.723. The third kappa shape index (κ3) is 3.25. The number of aryl methyl sites for hydroxylation is 1. The number of aromatic nitrogens is 1. The molecule has 3 rings (SSSR count). The molecule has 4 nitrogen and oxygen atoms in total. The lowest BCUT2D eigenvalue weighted by atomic mass is 10.1. The minimum atomic E-state index is -0.947. The van der Waals surface area contributed by atoms with Gasteiger partial charge in [-0.1, -0.05) is 23.7 Å². The molecule has 1 amide bonds. The van der Waals surface area contributed by atoms with Gasteiger partial charge < -0.3 is 9.88 Å². The molecule has 0 aliphatic carbocycles. The van der Waals surface area contributed by atoms with E-state index < -0.39 is 22.6 Å². The zero-order valence-corrected chi connectivity index (χ0v) is 13.9. The summed E-state index contributed by atoms with van der Waals surface area (Å²) in [6.45, 7) is 0. The summed E-state index contributed by atoms with van der Waals surface area (Å²) in [7, 11) is 1.63. The fourth-order valence-electron chi connectivity index (χ4n) is 2.58. The molecule has 0 saturated carbocycles. The molecule has 7 heteroatoms. The predicted molar refractivity (Wildman–Crippen MR) is 92.9 cm³/mol. The lowest BCUT2D eigenvalue weighted by Crippen LogP contribution is -2.18. The van der Waals surface area contributed by atoms with Crippen LogP contribution in [-0.4, -0.2) is 10.5 Å². The summed E-state index contributed by atoms with van der Waals surface area (Å²) in [5.41, 5.74) is 0.976. The number of amides is 1. The SMILES string of the molecule is Cn1c(=O)ccc2c(NC(=O)Cc3ccc(F)c(Cl)c3F)cccc21. The average Bonchev–Trinajstić information content (AvgIpc) is 2.59. The van der Waals surface area contributed by atoms with Crippen molar-refractivity contribution >= 4 is 34.1 Å². The van der Waals surface area contributed by atoms with Crippen LogP contribution in [0.5, 0.6) is 0 Å². The number of nitrogens with zero attached hydrogens (tertiary/aromatic N) is 1. The van der Waals surface area contributed by atoms with Gasteiger partial charge in [0.15, 0.2) is 0 Å². The Morgan fingerprint density at radius 3 is 2.68 bits per heavy atom. The number of pyridine rings is 1. The van der Waals surface area contributed by atoms with Crippen molar-refractivity contribution < 1.29 is 13.6 Å². The van der Waals surface area contributed by atoms with Gasteiger partial charge in [0.05, 0.1) is 17.6 Å². The number of fused-ring (bicyclic) bond motifs is 1. The maximum Gasteiger partial charge on any atom is 0.250 e. The first-order valence-electron chi connectivity index (χ1n) is 7.39. The van der Waals surface area contributed by atoms with Crippen LogP contribution in [0.25, 0.3) is 10.9 Å². The van der Waals surface area contributed by atoms with Crippen LogP contribution < -0.4 is 10.9 Å². The number of carbonyl (C=O) groups excluding carboxylic acids is 1. The minimum Gasteiger partial charge on any atom is -0.325 e. The monoisotopic (exact) mass is 362 g/mol. The highest BCUT2D eigenvalue weighted by molar-refractivity contribution is 6.31. The summed E-state index contributed by atoms with van der Waals surface area (Å²) in [5.74, 6) is -2.31. The van der Waals surface area contributed by atoms with Crippen molar-refractivity contribution in [2.45, 2.75) is 6.42 Å². The Balaban J connectivity index is 1.89. The maximum absolute atomic E-state index is 13.9. The van der Waals surface area contributed by atoms with E-state index in [0.717, 1.165) is 6.07 Å². The Hall–Kier alpha value is -2.73. The molecule has 0 radical (unpaired) electrons. The van der Waals surface area contributed by atoms with Gasteiger partial charge in [-0.15, -0.1) is 0 Å². The van der Waals surface area contributed by atoms with Crippen LogP contribution in [0.2, 0.25) is 5.02 Å². The Kier molecular flexibility index (Phi) is 4.55. The molecule has 1 aromatic heterocycles. The van der Waals surface area contributed by atoms with E-state index in [1.54, 1.807) is 31.3 Å². The molecule has 0 saturated heterocycles. The highest BCUT2D eigenvalue weighted by Crippen LogP contribution is 2.24. The molecule has 1 N–H and O–H groups in total. The number of benzene rings is 2. The zero-order valence-electron chi connectivity index (χ0n) is 13.1. The number of halogens is 3. The normalized spacial score (nSPS) is 10.9. The molecule has 0 atom stereocenters. The zero-order chi connectivity index (χ0) is 18.1. The second-order valence-corrected chi connectivity index (χ2v) is 5.91. The van der Waals surface area contributed by atoms with Crippen LogP contribution in [0, 0.1) is 11.6 Å². The molecule has 3 aromatic rings. The highest BCUT2D eigenvalue weighted by Gasteiger charge is 2.15. The van der Waals surface area contributed by atoms with E-state index in [1.165, 1.54) is 16.7 Å². The number of carbonyl (C=O) groups is 1. The van der Waals surface area contributed by atoms with E-state index >= 15 is 0 Å². The number of anilines is 1.